The van der Waals surface area contributed by atoms with Crippen molar-refractivity contribution < 1.29 is 19.1 Å². The van der Waals surface area contributed by atoms with E-state index in [2.05, 4.69) is 5.32 Å². The Labute approximate surface area is 159 Å². The fraction of sp³-hybridized carbons (Fsp3) is 0.333. The monoisotopic (exact) mass is 368 g/mol. The average molecular weight is 368 g/mol. The minimum absolute atomic E-state index is 0.191. The van der Waals surface area contributed by atoms with Crippen molar-refractivity contribution in [1.82, 2.24) is 10.2 Å². The van der Waals surface area contributed by atoms with Gasteiger partial charge in [0.05, 0.1) is 13.7 Å². The Balaban J connectivity index is 1.71. The topological polar surface area (TPSA) is 67.9 Å². The second kappa shape index (κ2) is 7.70. The molecular weight excluding hydrogens is 344 g/mol. The van der Waals surface area contributed by atoms with Gasteiger partial charge in [0, 0.05) is 0 Å². The lowest BCUT2D eigenvalue weighted by atomic mass is 9.87. The third-order valence-corrected chi connectivity index (χ3v) is 4.89. The number of benzene rings is 2. The minimum Gasteiger partial charge on any atom is -0.497 e. The van der Waals surface area contributed by atoms with Crippen molar-refractivity contribution in [3.05, 3.63) is 59.7 Å². The van der Waals surface area contributed by atoms with Crippen LogP contribution in [-0.2, 0) is 10.3 Å². The van der Waals surface area contributed by atoms with Gasteiger partial charge in [0.25, 0.3) is 5.91 Å². The normalized spacial score (nSPS) is 19.1. The number of nitrogens with one attached hydrogen (secondary N) is 1. The standard InChI is InChI=1S/C21H24N2O4/c1-4-21(16-7-11-17(26-3)12-8-16)19(24)23(20(25)22-21)13-14-27-18-9-5-15(2)6-10-18/h5-12H,4,13-14H2,1-3H3,(H,22,25)/t21-/m1/s1. The Bertz CT molecular complexity index is 817. The molecular formula is C21H24N2O4. The van der Waals surface area contributed by atoms with Crippen molar-refractivity contribution in [2.75, 3.05) is 20.3 Å². The highest BCUT2D eigenvalue weighted by Gasteiger charge is 2.51. The van der Waals surface area contributed by atoms with Gasteiger partial charge in [0.1, 0.15) is 23.6 Å². The van der Waals surface area contributed by atoms with Crippen LogP contribution in [-0.4, -0.2) is 37.1 Å². The van der Waals surface area contributed by atoms with Gasteiger partial charge in [-0.1, -0.05) is 36.8 Å². The summed E-state index contributed by atoms with van der Waals surface area (Å²) in [5.41, 5.74) is 0.836. The number of carbonyl (C=O) groups excluding carboxylic acids is 2. The van der Waals surface area contributed by atoms with Crippen LogP contribution >= 0.6 is 0 Å². The molecule has 0 spiro atoms. The van der Waals surface area contributed by atoms with Crippen LogP contribution in [0.2, 0.25) is 0 Å². The van der Waals surface area contributed by atoms with Crippen molar-refractivity contribution in [3.8, 4) is 11.5 Å². The maximum atomic E-state index is 13.1. The number of carbonyl (C=O) groups is 2. The molecule has 1 N–H and O–H groups in total. The molecule has 3 amide bonds. The molecule has 2 aromatic rings. The molecule has 0 radical (unpaired) electrons. The number of imide groups is 1. The van der Waals surface area contributed by atoms with Crippen molar-refractivity contribution in [2.45, 2.75) is 25.8 Å². The third-order valence-electron chi connectivity index (χ3n) is 4.89. The molecule has 1 fully saturated rings. The molecule has 0 unspecified atom stereocenters. The summed E-state index contributed by atoms with van der Waals surface area (Å²) in [5.74, 6) is 1.15. The van der Waals surface area contributed by atoms with Crippen LogP contribution in [0.1, 0.15) is 24.5 Å². The summed E-state index contributed by atoms with van der Waals surface area (Å²) in [4.78, 5) is 26.7. The summed E-state index contributed by atoms with van der Waals surface area (Å²) in [6, 6.07) is 14.4. The van der Waals surface area contributed by atoms with E-state index in [1.54, 1.807) is 19.2 Å². The fourth-order valence-electron chi connectivity index (χ4n) is 3.23. The summed E-state index contributed by atoms with van der Waals surface area (Å²) in [5, 5.41) is 2.87. The van der Waals surface area contributed by atoms with Gasteiger partial charge in [0.15, 0.2) is 0 Å². The lowest BCUT2D eigenvalue weighted by Gasteiger charge is -2.26. The van der Waals surface area contributed by atoms with E-state index < -0.39 is 11.6 Å². The zero-order chi connectivity index (χ0) is 19.4. The number of urea groups is 1. The lowest BCUT2D eigenvalue weighted by Crippen LogP contribution is -2.43. The van der Waals surface area contributed by atoms with Crippen LogP contribution in [0.15, 0.2) is 48.5 Å². The first-order chi connectivity index (χ1) is 13.0. The van der Waals surface area contributed by atoms with E-state index in [0.717, 1.165) is 11.1 Å². The predicted octanol–water partition coefficient (Wildman–Crippen LogP) is 3.24. The molecule has 0 aromatic heterocycles. The zero-order valence-electron chi connectivity index (χ0n) is 15.8. The fourth-order valence-corrected chi connectivity index (χ4v) is 3.23. The molecule has 142 valence electrons. The molecule has 3 rings (SSSR count). The second-order valence-corrected chi connectivity index (χ2v) is 6.54. The van der Waals surface area contributed by atoms with Crippen LogP contribution in [0.4, 0.5) is 4.79 Å². The maximum Gasteiger partial charge on any atom is 0.325 e. The highest BCUT2D eigenvalue weighted by atomic mass is 16.5. The van der Waals surface area contributed by atoms with Crippen molar-refractivity contribution >= 4 is 11.9 Å². The number of hydrogen-bond acceptors (Lipinski definition) is 4. The van der Waals surface area contributed by atoms with Gasteiger partial charge in [0.2, 0.25) is 0 Å². The summed E-state index contributed by atoms with van der Waals surface area (Å²) in [7, 11) is 1.59. The van der Waals surface area contributed by atoms with E-state index in [-0.39, 0.29) is 19.1 Å². The number of nitrogens with zero attached hydrogens (tertiary/aromatic N) is 1. The van der Waals surface area contributed by atoms with Gasteiger partial charge in [-0.2, -0.15) is 0 Å². The maximum absolute atomic E-state index is 13.1. The van der Waals surface area contributed by atoms with E-state index in [1.165, 1.54) is 4.90 Å². The quantitative estimate of drug-likeness (QED) is 0.762. The number of hydrogen-bond donors (Lipinski definition) is 1. The molecule has 1 aliphatic rings. The highest BCUT2D eigenvalue weighted by Crippen LogP contribution is 2.33. The van der Waals surface area contributed by atoms with Crippen LogP contribution < -0.4 is 14.8 Å². The SMILES string of the molecule is CC[C@]1(c2ccc(OC)cc2)NC(=O)N(CCOc2ccc(C)cc2)C1=O. The smallest absolute Gasteiger partial charge is 0.325 e. The molecule has 27 heavy (non-hydrogen) atoms. The van der Waals surface area contributed by atoms with Gasteiger partial charge < -0.3 is 14.8 Å². The Morgan fingerprint density at radius 1 is 1.00 bits per heavy atom. The van der Waals surface area contributed by atoms with Gasteiger partial charge in [-0.25, -0.2) is 4.79 Å². The Kier molecular flexibility index (Phi) is 5.35. The Hall–Kier alpha value is -3.02. The third kappa shape index (κ3) is 3.60. The molecule has 0 aliphatic carbocycles. The molecule has 1 heterocycles. The summed E-state index contributed by atoms with van der Waals surface area (Å²) < 4.78 is 10.8. The number of methoxy groups -OCH3 is 1. The van der Waals surface area contributed by atoms with Crippen LogP contribution in [0.3, 0.4) is 0 Å². The van der Waals surface area contributed by atoms with Gasteiger partial charge in [-0.05, 0) is 43.2 Å². The number of amides is 3. The molecule has 2 aromatic carbocycles. The number of rotatable bonds is 7. The molecule has 1 saturated heterocycles. The average Bonchev–Trinajstić information content (AvgIpc) is 2.94. The number of aryl methyl sites for hydroxylation is 1. The second-order valence-electron chi connectivity index (χ2n) is 6.54. The first kappa shape index (κ1) is 18.8. The Morgan fingerprint density at radius 3 is 2.22 bits per heavy atom. The minimum atomic E-state index is -1.05. The highest BCUT2D eigenvalue weighted by molar-refractivity contribution is 6.07. The number of ether oxygens (including phenoxy) is 2. The van der Waals surface area contributed by atoms with Crippen LogP contribution in [0.25, 0.3) is 0 Å². The predicted molar refractivity (Wildman–Crippen MR) is 102 cm³/mol. The molecule has 1 aliphatic heterocycles. The first-order valence-corrected chi connectivity index (χ1v) is 8.98. The largest absolute Gasteiger partial charge is 0.497 e. The van der Waals surface area contributed by atoms with E-state index >= 15 is 0 Å². The summed E-state index contributed by atoms with van der Waals surface area (Å²) in [6.45, 7) is 4.32. The van der Waals surface area contributed by atoms with E-state index in [0.29, 0.717) is 17.9 Å². The van der Waals surface area contributed by atoms with E-state index in [1.807, 2.05) is 50.2 Å². The lowest BCUT2D eigenvalue weighted by molar-refractivity contribution is -0.132. The molecule has 0 bridgehead atoms. The first-order valence-electron chi connectivity index (χ1n) is 8.98. The van der Waals surface area contributed by atoms with Crippen LogP contribution in [0.5, 0.6) is 11.5 Å². The molecule has 0 saturated carbocycles. The summed E-state index contributed by atoms with van der Waals surface area (Å²) >= 11 is 0. The van der Waals surface area contributed by atoms with E-state index in [9.17, 15) is 9.59 Å². The Morgan fingerprint density at radius 2 is 1.63 bits per heavy atom. The molecule has 6 nitrogen and oxygen atoms in total. The van der Waals surface area contributed by atoms with Gasteiger partial charge in [-0.3, -0.25) is 9.69 Å². The molecule has 6 heteroatoms. The van der Waals surface area contributed by atoms with Crippen molar-refractivity contribution in [1.29, 1.82) is 0 Å². The van der Waals surface area contributed by atoms with Gasteiger partial charge in [-0.15, -0.1) is 0 Å². The summed E-state index contributed by atoms with van der Waals surface area (Å²) in [6.07, 6.45) is 0.458. The van der Waals surface area contributed by atoms with Crippen LogP contribution in [0, 0.1) is 6.92 Å². The van der Waals surface area contributed by atoms with Crippen molar-refractivity contribution in [2.24, 2.45) is 0 Å². The van der Waals surface area contributed by atoms with E-state index in [4.69, 9.17) is 9.47 Å². The zero-order valence-corrected chi connectivity index (χ0v) is 15.8. The van der Waals surface area contributed by atoms with Crippen molar-refractivity contribution in [3.63, 3.8) is 0 Å². The van der Waals surface area contributed by atoms with Gasteiger partial charge >= 0.3 is 6.03 Å². The molecule has 1 atom stereocenters.